The van der Waals surface area contributed by atoms with Gasteiger partial charge in [-0.2, -0.15) is 0 Å². The van der Waals surface area contributed by atoms with E-state index in [1.165, 1.54) is 24.2 Å². The van der Waals surface area contributed by atoms with Gasteiger partial charge in [-0.3, -0.25) is 4.79 Å². The van der Waals surface area contributed by atoms with Crippen LogP contribution in [0, 0.1) is 6.92 Å². The smallest absolute Gasteiger partial charge is 0.264 e. The van der Waals surface area contributed by atoms with Gasteiger partial charge in [-0.25, -0.2) is 0 Å². The standard InChI is InChI=1S/C14H24N2OS/c1-5-6-7-8-16(10(2)3)14(17)13-9-12(15)11(4)18-13/h9-10H,5-8,15H2,1-4H3. The number of hydrogen-bond acceptors (Lipinski definition) is 3. The summed E-state index contributed by atoms with van der Waals surface area (Å²) in [6.45, 7) is 9.08. The van der Waals surface area contributed by atoms with Crippen molar-refractivity contribution in [3.63, 3.8) is 0 Å². The number of anilines is 1. The molecular formula is C14H24N2OS. The molecule has 0 fully saturated rings. The van der Waals surface area contributed by atoms with Crippen molar-refractivity contribution in [3.05, 3.63) is 15.8 Å². The molecule has 0 bridgehead atoms. The molecule has 0 aliphatic carbocycles. The number of thiophene rings is 1. The van der Waals surface area contributed by atoms with E-state index < -0.39 is 0 Å². The molecule has 1 aromatic heterocycles. The van der Waals surface area contributed by atoms with Crippen molar-refractivity contribution < 1.29 is 4.79 Å². The number of amides is 1. The molecule has 0 radical (unpaired) electrons. The van der Waals surface area contributed by atoms with Crippen LogP contribution >= 0.6 is 11.3 Å². The Kier molecular flexibility index (Phi) is 5.66. The molecule has 102 valence electrons. The lowest BCUT2D eigenvalue weighted by atomic mass is 10.2. The summed E-state index contributed by atoms with van der Waals surface area (Å²) in [5.74, 6) is 0.117. The van der Waals surface area contributed by atoms with Crippen LogP contribution in [0.4, 0.5) is 5.69 Å². The van der Waals surface area contributed by atoms with E-state index in [-0.39, 0.29) is 11.9 Å². The van der Waals surface area contributed by atoms with Gasteiger partial charge in [0.1, 0.15) is 0 Å². The Bertz CT molecular complexity index is 379. The van der Waals surface area contributed by atoms with E-state index in [2.05, 4.69) is 20.8 Å². The predicted molar refractivity (Wildman–Crippen MR) is 79.2 cm³/mol. The topological polar surface area (TPSA) is 46.3 Å². The Labute approximate surface area is 114 Å². The molecule has 0 saturated heterocycles. The number of nitrogen functional groups attached to an aromatic ring is 1. The maximum Gasteiger partial charge on any atom is 0.264 e. The predicted octanol–water partition coefficient (Wildman–Crippen LogP) is 3.68. The van der Waals surface area contributed by atoms with Gasteiger partial charge >= 0.3 is 0 Å². The zero-order valence-corrected chi connectivity index (χ0v) is 12.6. The van der Waals surface area contributed by atoms with E-state index in [1.807, 2.05) is 11.8 Å². The molecule has 0 aromatic carbocycles. The van der Waals surface area contributed by atoms with Crippen molar-refractivity contribution in [1.82, 2.24) is 4.90 Å². The minimum absolute atomic E-state index is 0.117. The summed E-state index contributed by atoms with van der Waals surface area (Å²) in [4.78, 5) is 16.2. The summed E-state index contributed by atoms with van der Waals surface area (Å²) in [6.07, 6.45) is 3.41. The van der Waals surface area contributed by atoms with Gasteiger partial charge in [0.25, 0.3) is 5.91 Å². The number of carbonyl (C=O) groups is 1. The quantitative estimate of drug-likeness (QED) is 0.800. The molecule has 0 aliphatic heterocycles. The van der Waals surface area contributed by atoms with Crippen molar-refractivity contribution in [3.8, 4) is 0 Å². The summed E-state index contributed by atoms with van der Waals surface area (Å²) in [6, 6.07) is 2.04. The molecule has 0 atom stereocenters. The van der Waals surface area contributed by atoms with Gasteiger partial charge < -0.3 is 10.6 Å². The minimum atomic E-state index is 0.117. The van der Waals surface area contributed by atoms with Crippen LogP contribution in [-0.2, 0) is 0 Å². The third-order valence-corrected chi connectivity index (χ3v) is 4.11. The second-order valence-electron chi connectivity index (χ2n) is 4.92. The lowest BCUT2D eigenvalue weighted by Crippen LogP contribution is -2.37. The van der Waals surface area contributed by atoms with Crippen molar-refractivity contribution in [2.45, 2.75) is 53.0 Å². The zero-order valence-electron chi connectivity index (χ0n) is 11.8. The molecule has 4 heteroatoms. The number of rotatable bonds is 6. The van der Waals surface area contributed by atoms with E-state index in [0.717, 1.165) is 28.4 Å². The number of carbonyl (C=O) groups excluding carboxylic acids is 1. The normalized spacial score (nSPS) is 10.9. The van der Waals surface area contributed by atoms with Gasteiger partial charge in [-0.1, -0.05) is 19.8 Å². The fourth-order valence-corrected chi connectivity index (χ4v) is 2.77. The number of unbranched alkanes of at least 4 members (excludes halogenated alkanes) is 2. The first-order chi connectivity index (χ1) is 8.47. The van der Waals surface area contributed by atoms with Gasteiger partial charge in [0, 0.05) is 23.2 Å². The van der Waals surface area contributed by atoms with E-state index in [4.69, 9.17) is 5.73 Å². The van der Waals surface area contributed by atoms with Gasteiger partial charge in [0.15, 0.2) is 0 Å². The van der Waals surface area contributed by atoms with Crippen LogP contribution < -0.4 is 5.73 Å². The molecule has 3 nitrogen and oxygen atoms in total. The first-order valence-corrected chi connectivity index (χ1v) is 7.45. The highest BCUT2D eigenvalue weighted by Crippen LogP contribution is 2.25. The average molecular weight is 268 g/mol. The van der Waals surface area contributed by atoms with Gasteiger partial charge in [0.05, 0.1) is 4.88 Å². The largest absolute Gasteiger partial charge is 0.398 e. The maximum atomic E-state index is 12.4. The first kappa shape index (κ1) is 15.0. The summed E-state index contributed by atoms with van der Waals surface area (Å²) in [5.41, 5.74) is 6.54. The van der Waals surface area contributed by atoms with Crippen LogP contribution in [0.3, 0.4) is 0 Å². The Morgan fingerprint density at radius 1 is 1.44 bits per heavy atom. The molecule has 18 heavy (non-hydrogen) atoms. The van der Waals surface area contributed by atoms with Crippen LogP contribution in [0.1, 0.15) is 54.6 Å². The van der Waals surface area contributed by atoms with Crippen LogP contribution in [0.2, 0.25) is 0 Å². The zero-order chi connectivity index (χ0) is 13.7. The number of hydrogen-bond donors (Lipinski definition) is 1. The second-order valence-corrected chi connectivity index (χ2v) is 6.18. The monoisotopic (exact) mass is 268 g/mol. The summed E-state index contributed by atoms with van der Waals surface area (Å²) in [5, 5.41) is 0. The highest BCUT2D eigenvalue weighted by molar-refractivity contribution is 7.14. The SMILES string of the molecule is CCCCCN(C(=O)c1cc(N)c(C)s1)C(C)C. The van der Waals surface area contributed by atoms with Crippen LogP contribution in [0.15, 0.2) is 6.07 Å². The molecule has 1 heterocycles. The summed E-state index contributed by atoms with van der Waals surface area (Å²) in [7, 11) is 0. The maximum absolute atomic E-state index is 12.4. The number of nitrogens with two attached hydrogens (primary N) is 1. The van der Waals surface area contributed by atoms with Gasteiger partial charge in [0.2, 0.25) is 0 Å². The Hall–Kier alpha value is -1.03. The third kappa shape index (κ3) is 3.73. The van der Waals surface area contributed by atoms with Crippen molar-refractivity contribution >= 4 is 22.9 Å². The van der Waals surface area contributed by atoms with Gasteiger partial charge in [-0.15, -0.1) is 11.3 Å². The molecule has 0 unspecified atom stereocenters. The highest BCUT2D eigenvalue weighted by Gasteiger charge is 2.20. The lowest BCUT2D eigenvalue weighted by Gasteiger charge is -2.26. The minimum Gasteiger partial charge on any atom is -0.398 e. The van der Waals surface area contributed by atoms with E-state index >= 15 is 0 Å². The molecule has 1 amide bonds. The number of nitrogens with zero attached hydrogens (tertiary/aromatic N) is 1. The summed E-state index contributed by atoms with van der Waals surface area (Å²) < 4.78 is 0. The van der Waals surface area contributed by atoms with Crippen molar-refractivity contribution in [1.29, 1.82) is 0 Å². The first-order valence-electron chi connectivity index (χ1n) is 6.64. The molecule has 1 aromatic rings. The molecule has 1 rings (SSSR count). The van der Waals surface area contributed by atoms with Gasteiger partial charge in [-0.05, 0) is 33.3 Å². The Balaban J connectivity index is 2.76. The fourth-order valence-electron chi connectivity index (χ4n) is 1.87. The molecule has 2 N–H and O–H groups in total. The molecule has 0 spiro atoms. The van der Waals surface area contributed by atoms with Crippen LogP contribution in [0.5, 0.6) is 0 Å². The molecule has 0 aliphatic rings. The third-order valence-electron chi connectivity index (χ3n) is 3.05. The number of aryl methyl sites for hydroxylation is 1. The fraction of sp³-hybridized carbons (Fsp3) is 0.643. The molecular weight excluding hydrogens is 244 g/mol. The molecule has 0 saturated carbocycles. The Morgan fingerprint density at radius 3 is 2.56 bits per heavy atom. The van der Waals surface area contributed by atoms with Crippen molar-refractivity contribution in [2.75, 3.05) is 12.3 Å². The Morgan fingerprint density at radius 2 is 2.11 bits per heavy atom. The van der Waals surface area contributed by atoms with Crippen LogP contribution in [0.25, 0.3) is 0 Å². The summed E-state index contributed by atoms with van der Waals surface area (Å²) >= 11 is 1.49. The van der Waals surface area contributed by atoms with E-state index in [9.17, 15) is 4.79 Å². The lowest BCUT2D eigenvalue weighted by molar-refractivity contribution is 0.0707. The highest BCUT2D eigenvalue weighted by atomic mass is 32.1. The second kappa shape index (κ2) is 6.78. The van der Waals surface area contributed by atoms with Crippen LogP contribution in [-0.4, -0.2) is 23.4 Å². The van der Waals surface area contributed by atoms with E-state index in [0.29, 0.717) is 0 Å². The van der Waals surface area contributed by atoms with Crippen molar-refractivity contribution in [2.24, 2.45) is 0 Å². The average Bonchev–Trinajstić information content (AvgIpc) is 2.64. The van der Waals surface area contributed by atoms with E-state index in [1.54, 1.807) is 6.07 Å².